The van der Waals surface area contributed by atoms with Crippen LogP contribution >= 0.6 is 23.5 Å². The Balaban J connectivity index is 1.60. The third-order valence-corrected chi connectivity index (χ3v) is 6.45. The number of para-hydroxylation sites is 1. The van der Waals surface area contributed by atoms with E-state index in [2.05, 4.69) is 79.7 Å². The molecule has 0 heterocycles. The number of benzene rings is 4. The third-order valence-electron chi connectivity index (χ3n) is 4.11. The van der Waals surface area contributed by atoms with E-state index in [1.54, 1.807) is 23.5 Å². The molecule has 0 atom stereocenters. The molecule has 0 saturated heterocycles. The molecule has 0 aliphatic heterocycles. The van der Waals surface area contributed by atoms with Gasteiger partial charge in [0.1, 0.15) is 11.5 Å². The molecule has 0 fully saturated rings. The van der Waals surface area contributed by atoms with Crippen molar-refractivity contribution in [3.8, 4) is 11.5 Å². The summed E-state index contributed by atoms with van der Waals surface area (Å²) in [5.41, 5.74) is 1.19. The van der Waals surface area contributed by atoms with Crippen molar-refractivity contribution in [1.29, 1.82) is 0 Å². The van der Waals surface area contributed by atoms with Crippen LogP contribution < -0.4 is 4.74 Å². The lowest BCUT2D eigenvalue weighted by Gasteiger charge is -2.13. The SMILES string of the molecule is Cc1cccc(Oc2ccccc2Sc2ccccc2Sc2ccccc2)c1. The molecule has 0 radical (unpaired) electrons. The molecule has 0 bridgehead atoms. The zero-order chi connectivity index (χ0) is 19.2. The van der Waals surface area contributed by atoms with Crippen LogP contribution in [-0.4, -0.2) is 0 Å². The van der Waals surface area contributed by atoms with Gasteiger partial charge >= 0.3 is 0 Å². The first-order valence-corrected chi connectivity index (χ1v) is 10.7. The van der Waals surface area contributed by atoms with E-state index in [4.69, 9.17) is 4.74 Å². The molecule has 0 aromatic heterocycles. The van der Waals surface area contributed by atoms with Crippen LogP contribution in [0.2, 0.25) is 0 Å². The van der Waals surface area contributed by atoms with Crippen LogP contribution in [0.25, 0.3) is 0 Å². The minimum atomic E-state index is 0.861. The molecule has 0 amide bonds. The Hall–Kier alpha value is -2.62. The van der Waals surface area contributed by atoms with Crippen molar-refractivity contribution < 1.29 is 4.74 Å². The lowest BCUT2D eigenvalue weighted by Crippen LogP contribution is -1.88. The van der Waals surface area contributed by atoms with E-state index in [9.17, 15) is 0 Å². The fourth-order valence-corrected chi connectivity index (χ4v) is 4.80. The highest BCUT2D eigenvalue weighted by molar-refractivity contribution is 8.02. The van der Waals surface area contributed by atoms with Gasteiger partial charge in [0.25, 0.3) is 0 Å². The van der Waals surface area contributed by atoms with Crippen LogP contribution in [0.1, 0.15) is 5.56 Å². The largest absolute Gasteiger partial charge is 0.456 e. The molecule has 0 unspecified atom stereocenters. The minimum absolute atomic E-state index is 0.861. The highest BCUT2D eigenvalue weighted by atomic mass is 32.2. The Morgan fingerprint density at radius 3 is 1.96 bits per heavy atom. The zero-order valence-electron chi connectivity index (χ0n) is 15.5. The summed E-state index contributed by atoms with van der Waals surface area (Å²) in [6, 6.07) is 35.3. The first-order valence-electron chi connectivity index (χ1n) is 9.11. The van der Waals surface area contributed by atoms with Gasteiger partial charge in [0.2, 0.25) is 0 Å². The molecule has 0 saturated carbocycles. The number of ether oxygens (including phenoxy) is 1. The molecule has 0 N–H and O–H groups in total. The number of rotatable bonds is 6. The molecular weight excluding hydrogens is 380 g/mol. The predicted octanol–water partition coefficient (Wildman–Crippen LogP) is 8.09. The maximum absolute atomic E-state index is 6.19. The summed E-state index contributed by atoms with van der Waals surface area (Å²) in [4.78, 5) is 4.80. The van der Waals surface area contributed by atoms with Gasteiger partial charge < -0.3 is 4.74 Å². The van der Waals surface area contributed by atoms with E-state index >= 15 is 0 Å². The van der Waals surface area contributed by atoms with Gasteiger partial charge in [-0.25, -0.2) is 0 Å². The molecule has 0 aliphatic carbocycles. The summed E-state index contributed by atoms with van der Waals surface area (Å²) in [6.45, 7) is 2.07. The maximum Gasteiger partial charge on any atom is 0.141 e. The summed E-state index contributed by atoms with van der Waals surface area (Å²) in [5.74, 6) is 1.73. The average Bonchev–Trinajstić information content (AvgIpc) is 2.72. The summed E-state index contributed by atoms with van der Waals surface area (Å²) >= 11 is 3.52. The topological polar surface area (TPSA) is 9.23 Å². The second-order valence-corrected chi connectivity index (χ2v) is 8.53. The first-order chi connectivity index (χ1) is 13.8. The molecule has 3 heteroatoms. The summed E-state index contributed by atoms with van der Waals surface area (Å²) in [6.07, 6.45) is 0. The fraction of sp³-hybridized carbons (Fsp3) is 0.0400. The molecule has 138 valence electrons. The third kappa shape index (κ3) is 4.80. The standard InChI is InChI=1S/C25H20OS2/c1-19-10-9-11-20(18-19)26-22-14-5-6-15-23(22)28-25-17-8-7-16-24(25)27-21-12-3-2-4-13-21/h2-18H,1H3. The molecular formula is C25H20OS2. The monoisotopic (exact) mass is 400 g/mol. The Morgan fingerprint density at radius 2 is 1.21 bits per heavy atom. The molecule has 4 aromatic carbocycles. The Kier molecular flexibility index (Phi) is 6.05. The van der Waals surface area contributed by atoms with E-state index in [0.717, 1.165) is 16.4 Å². The van der Waals surface area contributed by atoms with Gasteiger partial charge in [-0.05, 0) is 61.0 Å². The van der Waals surface area contributed by atoms with Crippen LogP contribution in [-0.2, 0) is 0 Å². The van der Waals surface area contributed by atoms with Gasteiger partial charge in [0.05, 0.1) is 4.90 Å². The zero-order valence-corrected chi connectivity index (χ0v) is 17.2. The van der Waals surface area contributed by atoms with Gasteiger partial charge in [-0.3, -0.25) is 0 Å². The minimum Gasteiger partial charge on any atom is -0.456 e. The van der Waals surface area contributed by atoms with Gasteiger partial charge in [0, 0.05) is 14.7 Å². The average molecular weight is 401 g/mol. The van der Waals surface area contributed by atoms with Crippen LogP contribution in [0.15, 0.2) is 123 Å². The van der Waals surface area contributed by atoms with Crippen molar-refractivity contribution >= 4 is 23.5 Å². The molecule has 4 rings (SSSR count). The van der Waals surface area contributed by atoms with Crippen LogP contribution in [0.3, 0.4) is 0 Å². The van der Waals surface area contributed by atoms with E-state index in [0.29, 0.717) is 0 Å². The lowest BCUT2D eigenvalue weighted by molar-refractivity contribution is 0.470. The Labute approximate surface area is 174 Å². The molecule has 4 aromatic rings. The number of hydrogen-bond acceptors (Lipinski definition) is 3. The highest BCUT2D eigenvalue weighted by Crippen LogP contribution is 2.42. The highest BCUT2D eigenvalue weighted by Gasteiger charge is 2.10. The second kappa shape index (κ2) is 9.05. The predicted molar refractivity (Wildman–Crippen MR) is 119 cm³/mol. The van der Waals surface area contributed by atoms with Crippen LogP contribution in [0.4, 0.5) is 0 Å². The normalized spacial score (nSPS) is 10.6. The molecule has 28 heavy (non-hydrogen) atoms. The molecule has 0 spiro atoms. The van der Waals surface area contributed by atoms with E-state index in [-0.39, 0.29) is 0 Å². The van der Waals surface area contributed by atoms with Crippen LogP contribution in [0, 0.1) is 6.92 Å². The van der Waals surface area contributed by atoms with E-state index < -0.39 is 0 Å². The summed E-state index contributed by atoms with van der Waals surface area (Å²) < 4.78 is 6.19. The van der Waals surface area contributed by atoms with Crippen molar-refractivity contribution in [3.05, 3.63) is 109 Å². The van der Waals surface area contributed by atoms with Gasteiger partial charge in [-0.1, -0.05) is 78.1 Å². The second-order valence-electron chi connectivity index (χ2n) is 6.33. The Morgan fingerprint density at radius 1 is 0.571 bits per heavy atom. The van der Waals surface area contributed by atoms with Crippen LogP contribution in [0.5, 0.6) is 11.5 Å². The Bertz CT molecular complexity index is 1060. The first kappa shape index (κ1) is 18.7. The van der Waals surface area contributed by atoms with Crippen molar-refractivity contribution in [2.75, 3.05) is 0 Å². The van der Waals surface area contributed by atoms with E-state index in [1.807, 2.05) is 30.3 Å². The summed E-state index contributed by atoms with van der Waals surface area (Å²) in [7, 11) is 0. The molecule has 1 nitrogen and oxygen atoms in total. The van der Waals surface area contributed by atoms with Crippen molar-refractivity contribution in [2.45, 2.75) is 26.5 Å². The van der Waals surface area contributed by atoms with Gasteiger partial charge in [-0.2, -0.15) is 0 Å². The number of aryl methyl sites for hydroxylation is 1. The maximum atomic E-state index is 6.19. The smallest absolute Gasteiger partial charge is 0.141 e. The quantitative estimate of drug-likeness (QED) is 0.324. The summed E-state index contributed by atoms with van der Waals surface area (Å²) in [5, 5.41) is 0. The van der Waals surface area contributed by atoms with Crippen molar-refractivity contribution in [1.82, 2.24) is 0 Å². The van der Waals surface area contributed by atoms with Gasteiger partial charge in [-0.15, -0.1) is 0 Å². The van der Waals surface area contributed by atoms with E-state index in [1.165, 1.54) is 20.2 Å². The van der Waals surface area contributed by atoms with Crippen molar-refractivity contribution in [3.63, 3.8) is 0 Å². The number of hydrogen-bond donors (Lipinski definition) is 0. The van der Waals surface area contributed by atoms with Gasteiger partial charge in [0.15, 0.2) is 0 Å². The lowest BCUT2D eigenvalue weighted by atomic mass is 10.2. The fourth-order valence-electron chi connectivity index (χ4n) is 2.78. The molecule has 0 aliphatic rings. The van der Waals surface area contributed by atoms with Crippen molar-refractivity contribution in [2.24, 2.45) is 0 Å².